The molecule has 1 aromatic carbocycles. The van der Waals surface area contributed by atoms with Crippen molar-refractivity contribution >= 4 is 15.9 Å². The maximum absolute atomic E-state index is 10.1. The molecule has 0 spiro atoms. The number of nitrogens with zero attached hydrogens (tertiary/aromatic N) is 1. The number of aliphatic hydroxyl groups excluding tert-OH is 1. The predicted octanol–water partition coefficient (Wildman–Crippen LogP) is 3.39. The lowest BCUT2D eigenvalue weighted by molar-refractivity contribution is 0.164. The van der Waals surface area contributed by atoms with Crippen molar-refractivity contribution in [1.82, 2.24) is 4.98 Å². The number of hydrogen-bond acceptors (Lipinski definition) is 3. The van der Waals surface area contributed by atoms with Crippen LogP contribution in [0.1, 0.15) is 17.7 Å². The van der Waals surface area contributed by atoms with Crippen LogP contribution in [0.25, 0.3) is 0 Å². The molecule has 0 fully saturated rings. The predicted molar refractivity (Wildman–Crippen MR) is 83.0 cm³/mol. The minimum atomic E-state index is -0.370. The Kier molecular flexibility index (Phi) is 5.56. The summed E-state index contributed by atoms with van der Waals surface area (Å²) in [5, 5.41) is 10.1. The smallest absolute Gasteiger partial charge is 0.118 e. The standard InChI is InChI=1S/C16H18BrNO2/c1-20-16-8-3-12(4-9-16)2-7-15(19)10-14-6-5-13(17)11-18-14/h3-6,8-9,11,15,19H,2,7,10H2,1H3. The highest BCUT2D eigenvalue weighted by Gasteiger charge is 2.07. The van der Waals surface area contributed by atoms with Crippen LogP contribution in [-0.4, -0.2) is 23.3 Å². The minimum absolute atomic E-state index is 0.370. The normalized spacial score (nSPS) is 12.2. The van der Waals surface area contributed by atoms with Crippen LogP contribution < -0.4 is 4.74 Å². The van der Waals surface area contributed by atoms with Gasteiger partial charge < -0.3 is 9.84 Å². The summed E-state index contributed by atoms with van der Waals surface area (Å²) in [5.74, 6) is 0.855. The number of methoxy groups -OCH3 is 1. The zero-order valence-electron chi connectivity index (χ0n) is 11.4. The molecule has 20 heavy (non-hydrogen) atoms. The SMILES string of the molecule is COc1ccc(CCC(O)Cc2ccc(Br)cn2)cc1. The highest BCUT2D eigenvalue weighted by molar-refractivity contribution is 9.10. The van der Waals surface area contributed by atoms with E-state index in [9.17, 15) is 5.11 Å². The fraction of sp³-hybridized carbons (Fsp3) is 0.312. The highest BCUT2D eigenvalue weighted by atomic mass is 79.9. The van der Waals surface area contributed by atoms with Crippen molar-refractivity contribution in [2.24, 2.45) is 0 Å². The molecule has 0 aliphatic heterocycles. The molecule has 0 aliphatic rings. The van der Waals surface area contributed by atoms with E-state index in [1.54, 1.807) is 13.3 Å². The maximum Gasteiger partial charge on any atom is 0.118 e. The van der Waals surface area contributed by atoms with Gasteiger partial charge in [0, 0.05) is 22.8 Å². The molecule has 3 nitrogen and oxygen atoms in total. The number of hydrogen-bond donors (Lipinski definition) is 1. The van der Waals surface area contributed by atoms with Gasteiger partial charge in [0.25, 0.3) is 0 Å². The van der Waals surface area contributed by atoms with Crippen molar-refractivity contribution in [1.29, 1.82) is 0 Å². The zero-order valence-corrected chi connectivity index (χ0v) is 13.0. The van der Waals surface area contributed by atoms with Gasteiger partial charge in [-0.25, -0.2) is 0 Å². The Hall–Kier alpha value is -1.39. The topological polar surface area (TPSA) is 42.4 Å². The van der Waals surface area contributed by atoms with Crippen LogP contribution in [-0.2, 0) is 12.8 Å². The molecule has 4 heteroatoms. The van der Waals surface area contributed by atoms with Crippen LogP contribution in [0.15, 0.2) is 47.1 Å². The highest BCUT2D eigenvalue weighted by Crippen LogP contribution is 2.15. The summed E-state index contributed by atoms with van der Waals surface area (Å²) in [4.78, 5) is 4.27. The molecular formula is C16H18BrNO2. The summed E-state index contributed by atoms with van der Waals surface area (Å²) >= 11 is 3.35. The Labute approximate surface area is 127 Å². The van der Waals surface area contributed by atoms with Crippen LogP contribution >= 0.6 is 15.9 Å². The van der Waals surface area contributed by atoms with E-state index >= 15 is 0 Å². The molecule has 0 radical (unpaired) electrons. The second kappa shape index (κ2) is 7.41. The molecule has 0 amide bonds. The summed E-state index contributed by atoms with van der Waals surface area (Å²) in [6.07, 6.45) is 3.55. The lowest BCUT2D eigenvalue weighted by Crippen LogP contribution is -2.12. The van der Waals surface area contributed by atoms with Gasteiger partial charge in [0.05, 0.1) is 13.2 Å². The molecule has 0 aliphatic carbocycles. The number of rotatable bonds is 6. The summed E-state index contributed by atoms with van der Waals surface area (Å²) < 4.78 is 6.07. The van der Waals surface area contributed by atoms with Crippen LogP contribution in [0.2, 0.25) is 0 Å². The number of aromatic nitrogens is 1. The van der Waals surface area contributed by atoms with Crippen LogP contribution in [0.4, 0.5) is 0 Å². The fourth-order valence-corrected chi connectivity index (χ4v) is 2.23. The number of benzene rings is 1. The Morgan fingerprint density at radius 1 is 1.20 bits per heavy atom. The molecule has 106 valence electrons. The number of halogens is 1. The van der Waals surface area contributed by atoms with Crippen molar-refractivity contribution in [3.63, 3.8) is 0 Å². The van der Waals surface area contributed by atoms with E-state index in [1.807, 2.05) is 36.4 Å². The molecular weight excluding hydrogens is 318 g/mol. The van der Waals surface area contributed by atoms with Crippen molar-refractivity contribution in [3.8, 4) is 5.75 Å². The van der Waals surface area contributed by atoms with Crippen LogP contribution in [0.5, 0.6) is 5.75 Å². The average molecular weight is 336 g/mol. The van der Waals surface area contributed by atoms with Gasteiger partial charge in [-0.1, -0.05) is 12.1 Å². The first-order valence-electron chi connectivity index (χ1n) is 6.59. The largest absolute Gasteiger partial charge is 0.497 e. The van der Waals surface area contributed by atoms with Crippen molar-refractivity contribution in [2.75, 3.05) is 7.11 Å². The molecule has 2 aromatic rings. The molecule has 0 saturated heterocycles. The Morgan fingerprint density at radius 3 is 2.55 bits per heavy atom. The van der Waals surface area contributed by atoms with E-state index < -0.39 is 0 Å². The van der Waals surface area contributed by atoms with Crippen LogP contribution in [0, 0.1) is 0 Å². The number of aliphatic hydroxyl groups is 1. The van der Waals surface area contributed by atoms with Crippen LogP contribution in [0.3, 0.4) is 0 Å². The Morgan fingerprint density at radius 2 is 1.95 bits per heavy atom. The molecule has 1 heterocycles. The maximum atomic E-state index is 10.1. The van der Waals surface area contributed by atoms with Gasteiger partial charge in [-0.3, -0.25) is 4.98 Å². The molecule has 1 N–H and O–H groups in total. The number of pyridine rings is 1. The first-order valence-corrected chi connectivity index (χ1v) is 7.38. The number of aryl methyl sites for hydroxylation is 1. The van der Waals surface area contributed by atoms with Crippen molar-refractivity contribution in [2.45, 2.75) is 25.4 Å². The summed E-state index contributed by atoms with van der Waals surface area (Å²) in [7, 11) is 1.66. The summed E-state index contributed by atoms with van der Waals surface area (Å²) in [6.45, 7) is 0. The van der Waals surface area contributed by atoms with Gasteiger partial charge in [0.1, 0.15) is 5.75 Å². The van der Waals surface area contributed by atoms with E-state index in [1.165, 1.54) is 5.56 Å². The first kappa shape index (κ1) is 15.0. The fourth-order valence-electron chi connectivity index (χ4n) is 2.00. The van der Waals surface area contributed by atoms with Gasteiger partial charge in [0.2, 0.25) is 0 Å². The van der Waals surface area contributed by atoms with E-state index in [-0.39, 0.29) is 6.10 Å². The molecule has 0 bridgehead atoms. The Bertz CT molecular complexity index is 525. The third kappa shape index (κ3) is 4.62. The monoisotopic (exact) mass is 335 g/mol. The molecule has 1 unspecified atom stereocenters. The quantitative estimate of drug-likeness (QED) is 0.879. The van der Waals surface area contributed by atoms with Gasteiger partial charge in [-0.05, 0) is 58.6 Å². The van der Waals surface area contributed by atoms with E-state index in [4.69, 9.17) is 4.74 Å². The molecule has 2 rings (SSSR count). The lowest BCUT2D eigenvalue weighted by Gasteiger charge is -2.10. The number of ether oxygens (including phenoxy) is 1. The van der Waals surface area contributed by atoms with E-state index in [0.717, 1.165) is 28.8 Å². The van der Waals surface area contributed by atoms with Crippen molar-refractivity contribution in [3.05, 3.63) is 58.3 Å². The summed E-state index contributed by atoms with van der Waals surface area (Å²) in [6, 6.07) is 11.8. The minimum Gasteiger partial charge on any atom is -0.497 e. The van der Waals surface area contributed by atoms with E-state index in [0.29, 0.717) is 6.42 Å². The van der Waals surface area contributed by atoms with Gasteiger partial charge >= 0.3 is 0 Å². The summed E-state index contributed by atoms with van der Waals surface area (Å²) in [5.41, 5.74) is 2.11. The second-order valence-electron chi connectivity index (χ2n) is 4.71. The third-order valence-corrected chi connectivity index (χ3v) is 3.63. The molecule has 0 saturated carbocycles. The molecule has 1 aromatic heterocycles. The third-order valence-electron chi connectivity index (χ3n) is 3.16. The average Bonchev–Trinajstić information content (AvgIpc) is 2.48. The van der Waals surface area contributed by atoms with Gasteiger partial charge in [-0.2, -0.15) is 0 Å². The zero-order chi connectivity index (χ0) is 14.4. The second-order valence-corrected chi connectivity index (χ2v) is 5.63. The van der Waals surface area contributed by atoms with E-state index in [2.05, 4.69) is 20.9 Å². The first-order chi connectivity index (χ1) is 9.67. The van der Waals surface area contributed by atoms with Crippen molar-refractivity contribution < 1.29 is 9.84 Å². The lowest BCUT2D eigenvalue weighted by atomic mass is 10.0. The van der Waals surface area contributed by atoms with Gasteiger partial charge in [-0.15, -0.1) is 0 Å². The molecule has 1 atom stereocenters. The Balaban J connectivity index is 1.82. The van der Waals surface area contributed by atoms with Gasteiger partial charge in [0.15, 0.2) is 0 Å².